The smallest absolute Gasteiger partial charge is 0.243 e. The second-order valence-corrected chi connectivity index (χ2v) is 8.91. The summed E-state index contributed by atoms with van der Waals surface area (Å²) in [5.41, 5.74) is 2.87. The van der Waals surface area contributed by atoms with Crippen molar-refractivity contribution in [2.45, 2.75) is 30.7 Å². The molecule has 3 aromatic rings. The van der Waals surface area contributed by atoms with E-state index in [9.17, 15) is 8.42 Å². The van der Waals surface area contributed by atoms with E-state index in [4.69, 9.17) is 0 Å². The van der Waals surface area contributed by atoms with Gasteiger partial charge < -0.3 is 5.32 Å². The van der Waals surface area contributed by atoms with Crippen molar-refractivity contribution in [2.24, 2.45) is 0 Å². The molecule has 4 rings (SSSR count). The van der Waals surface area contributed by atoms with Crippen molar-refractivity contribution in [3.63, 3.8) is 0 Å². The minimum absolute atomic E-state index is 0.230. The summed E-state index contributed by atoms with van der Waals surface area (Å²) in [4.78, 5) is 4.83. The number of benzene rings is 2. The third kappa shape index (κ3) is 3.66. The number of aryl methyl sites for hydroxylation is 1. The Labute approximate surface area is 166 Å². The van der Waals surface area contributed by atoms with E-state index in [0.717, 1.165) is 29.7 Å². The standard InChI is InChI=1S/C22H23N3O2S/c1-17-11-13-19(14-12-17)28(26,27)25-16-6-10-21(25)20-9-5-15-23-22(20)24-18-7-3-2-4-8-18/h2-5,7-9,11-15,21H,6,10,16H2,1H3,(H,23,24)/t21-/m1/s1. The van der Waals surface area contributed by atoms with E-state index in [-0.39, 0.29) is 6.04 Å². The molecule has 1 aliphatic heterocycles. The third-order valence-electron chi connectivity index (χ3n) is 5.07. The minimum Gasteiger partial charge on any atom is -0.340 e. The summed E-state index contributed by atoms with van der Waals surface area (Å²) in [5, 5.41) is 3.34. The van der Waals surface area contributed by atoms with E-state index >= 15 is 0 Å². The number of para-hydroxylation sites is 1. The van der Waals surface area contributed by atoms with Crippen molar-refractivity contribution in [3.8, 4) is 0 Å². The van der Waals surface area contributed by atoms with E-state index in [1.54, 1.807) is 22.6 Å². The maximum atomic E-state index is 13.3. The number of hydrogen-bond acceptors (Lipinski definition) is 4. The predicted octanol–water partition coefficient (Wildman–Crippen LogP) is 4.66. The van der Waals surface area contributed by atoms with Crippen LogP contribution in [0.25, 0.3) is 0 Å². The molecule has 2 aromatic carbocycles. The first-order valence-electron chi connectivity index (χ1n) is 9.41. The summed E-state index contributed by atoms with van der Waals surface area (Å²) in [6.07, 6.45) is 3.33. The molecule has 6 heteroatoms. The Balaban J connectivity index is 1.68. The van der Waals surface area contributed by atoms with E-state index in [1.165, 1.54) is 0 Å². The van der Waals surface area contributed by atoms with Crippen LogP contribution in [-0.2, 0) is 10.0 Å². The van der Waals surface area contributed by atoms with Crippen molar-refractivity contribution in [1.82, 2.24) is 9.29 Å². The highest BCUT2D eigenvalue weighted by Gasteiger charge is 2.37. The van der Waals surface area contributed by atoms with Crippen LogP contribution in [0.2, 0.25) is 0 Å². The molecule has 0 spiro atoms. The molecular formula is C22H23N3O2S. The van der Waals surface area contributed by atoms with Gasteiger partial charge in [-0.25, -0.2) is 13.4 Å². The SMILES string of the molecule is Cc1ccc(S(=O)(=O)N2CCC[C@@H]2c2cccnc2Nc2ccccc2)cc1. The monoisotopic (exact) mass is 393 g/mol. The molecule has 0 saturated carbocycles. The molecule has 1 fully saturated rings. The summed E-state index contributed by atoms with van der Waals surface area (Å²) in [5.74, 6) is 0.699. The van der Waals surface area contributed by atoms with Crippen LogP contribution in [0.3, 0.4) is 0 Å². The molecule has 1 aliphatic rings. The van der Waals surface area contributed by atoms with Crippen LogP contribution in [0.15, 0.2) is 77.8 Å². The van der Waals surface area contributed by atoms with E-state index in [2.05, 4.69) is 10.3 Å². The Morgan fingerprint density at radius 2 is 1.75 bits per heavy atom. The number of nitrogens with zero attached hydrogens (tertiary/aromatic N) is 2. The maximum absolute atomic E-state index is 13.3. The lowest BCUT2D eigenvalue weighted by atomic mass is 10.1. The van der Waals surface area contributed by atoms with Crippen LogP contribution in [0, 0.1) is 6.92 Å². The number of rotatable bonds is 5. The summed E-state index contributed by atoms with van der Waals surface area (Å²) >= 11 is 0. The van der Waals surface area contributed by atoms with Gasteiger partial charge in [-0.15, -0.1) is 0 Å². The number of pyridine rings is 1. The van der Waals surface area contributed by atoms with Crippen LogP contribution in [0.4, 0.5) is 11.5 Å². The fourth-order valence-electron chi connectivity index (χ4n) is 3.63. The minimum atomic E-state index is -3.56. The Morgan fingerprint density at radius 3 is 2.50 bits per heavy atom. The second kappa shape index (κ2) is 7.73. The first kappa shape index (κ1) is 18.7. The van der Waals surface area contributed by atoms with Crippen LogP contribution in [0.5, 0.6) is 0 Å². The van der Waals surface area contributed by atoms with Gasteiger partial charge in [0.25, 0.3) is 0 Å². The number of anilines is 2. The molecule has 1 N–H and O–H groups in total. The van der Waals surface area contributed by atoms with Gasteiger partial charge in [-0.2, -0.15) is 4.31 Å². The van der Waals surface area contributed by atoms with Crippen LogP contribution >= 0.6 is 0 Å². The van der Waals surface area contributed by atoms with Gasteiger partial charge in [0.2, 0.25) is 10.0 Å². The Bertz CT molecular complexity index is 1050. The molecule has 0 amide bonds. The third-order valence-corrected chi connectivity index (χ3v) is 6.99. The molecule has 2 heterocycles. The topological polar surface area (TPSA) is 62.3 Å². The quantitative estimate of drug-likeness (QED) is 0.685. The largest absolute Gasteiger partial charge is 0.340 e. The lowest BCUT2D eigenvalue weighted by molar-refractivity contribution is 0.397. The second-order valence-electron chi connectivity index (χ2n) is 7.02. The van der Waals surface area contributed by atoms with Crippen LogP contribution in [-0.4, -0.2) is 24.3 Å². The fourth-order valence-corrected chi connectivity index (χ4v) is 5.31. The highest BCUT2D eigenvalue weighted by atomic mass is 32.2. The summed E-state index contributed by atoms with van der Waals surface area (Å²) in [6.45, 7) is 2.47. The summed E-state index contributed by atoms with van der Waals surface area (Å²) in [6, 6.07) is 20.4. The number of aromatic nitrogens is 1. The molecule has 0 bridgehead atoms. The van der Waals surface area contributed by atoms with Gasteiger partial charge >= 0.3 is 0 Å². The fraction of sp³-hybridized carbons (Fsp3) is 0.227. The average Bonchev–Trinajstić information content (AvgIpc) is 3.20. The molecule has 0 unspecified atom stereocenters. The Morgan fingerprint density at radius 1 is 1.00 bits per heavy atom. The molecule has 0 radical (unpaired) electrons. The van der Waals surface area contributed by atoms with Gasteiger partial charge in [0.05, 0.1) is 10.9 Å². The lowest BCUT2D eigenvalue weighted by Gasteiger charge is -2.26. The van der Waals surface area contributed by atoms with Crippen LogP contribution in [0.1, 0.15) is 30.0 Å². The molecular weight excluding hydrogens is 370 g/mol. The van der Waals surface area contributed by atoms with Crippen molar-refractivity contribution < 1.29 is 8.42 Å². The highest BCUT2D eigenvalue weighted by molar-refractivity contribution is 7.89. The van der Waals surface area contributed by atoms with E-state index in [1.807, 2.05) is 61.5 Å². The van der Waals surface area contributed by atoms with Crippen molar-refractivity contribution in [3.05, 3.63) is 84.1 Å². The zero-order chi connectivity index (χ0) is 19.6. The Kier molecular flexibility index (Phi) is 5.15. The number of hydrogen-bond donors (Lipinski definition) is 1. The van der Waals surface area contributed by atoms with Gasteiger partial charge in [0.1, 0.15) is 5.82 Å². The van der Waals surface area contributed by atoms with Gasteiger partial charge in [-0.05, 0) is 50.1 Å². The Hall–Kier alpha value is -2.70. The van der Waals surface area contributed by atoms with Gasteiger partial charge in [-0.3, -0.25) is 0 Å². The van der Waals surface area contributed by atoms with E-state index < -0.39 is 10.0 Å². The maximum Gasteiger partial charge on any atom is 0.243 e. The van der Waals surface area contributed by atoms with Crippen molar-refractivity contribution in [1.29, 1.82) is 0 Å². The molecule has 0 aliphatic carbocycles. The molecule has 1 aromatic heterocycles. The summed E-state index contributed by atoms with van der Waals surface area (Å²) < 4.78 is 28.2. The molecule has 1 saturated heterocycles. The number of sulfonamides is 1. The van der Waals surface area contributed by atoms with Gasteiger partial charge in [-0.1, -0.05) is 42.0 Å². The first-order valence-corrected chi connectivity index (χ1v) is 10.9. The predicted molar refractivity (Wildman–Crippen MR) is 111 cm³/mol. The molecule has 1 atom stereocenters. The molecule has 144 valence electrons. The zero-order valence-electron chi connectivity index (χ0n) is 15.7. The van der Waals surface area contributed by atoms with Gasteiger partial charge in [0.15, 0.2) is 0 Å². The molecule has 28 heavy (non-hydrogen) atoms. The van der Waals surface area contributed by atoms with Crippen LogP contribution < -0.4 is 5.32 Å². The first-order chi connectivity index (χ1) is 13.6. The number of nitrogens with one attached hydrogen (secondary N) is 1. The normalized spacial score (nSPS) is 17.5. The molecule has 5 nitrogen and oxygen atoms in total. The van der Waals surface area contributed by atoms with Gasteiger partial charge in [0, 0.05) is 24.0 Å². The van der Waals surface area contributed by atoms with Crippen molar-refractivity contribution >= 4 is 21.5 Å². The lowest BCUT2D eigenvalue weighted by Crippen LogP contribution is -2.31. The zero-order valence-corrected chi connectivity index (χ0v) is 16.6. The van der Waals surface area contributed by atoms with Crippen molar-refractivity contribution in [2.75, 3.05) is 11.9 Å². The summed E-state index contributed by atoms with van der Waals surface area (Å²) in [7, 11) is -3.56. The highest BCUT2D eigenvalue weighted by Crippen LogP contribution is 2.39. The van der Waals surface area contributed by atoms with E-state index in [0.29, 0.717) is 17.3 Å². The average molecular weight is 394 g/mol.